The molecule has 1 aliphatic heterocycles. The zero-order chi connectivity index (χ0) is 10.5. The van der Waals surface area contributed by atoms with Gasteiger partial charge >= 0.3 is 0 Å². The maximum atomic E-state index is 5.40. The van der Waals surface area contributed by atoms with Crippen molar-refractivity contribution >= 4 is 11.3 Å². The topological polar surface area (TPSA) is 43.4 Å². The van der Waals surface area contributed by atoms with Crippen molar-refractivity contribution in [2.24, 2.45) is 0 Å². The first-order valence-corrected chi connectivity index (χ1v) is 6.02. The third-order valence-corrected chi connectivity index (χ3v) is 3.30. The highest BCUT2D eigenvalue weighted by Crippen LogP contribution is 2.19. The van der Waals surface area contributed by atoms with E-state index in [4.69, 9.17) is 9.47 Å². The number of nitrogens with zero attached hydrogens (tertiary/aromatic N) is 1. The Hall–Kier alpha value is -0.490. The van der Waals surface area contributed by atoms with Gasteiger partial charge in [0, 0.05) is 25.5 Å². The van der Waals surface area contributed by atoms with Crippen LogP contribution in [0.15, 0.2) is 5.38 Å². The molecule has 1 aromatic rings. The molecule has 84 valence electrons. The number of aromatic nitrogens is 1. The molecule has 1 atom stereocenters. The monoisotopic (exact) mass is 228 g/mol. The number of rotatable bonds is 4. The lowest BCUT2D eigenvalue weighted by atomic mass is 10.2. The molecule has 0 aromatic carbocycles. The van der Waals surface area contributed by atoms with Crippen molar-refractivity contribution in [3.8, 4) is 0 Å². The van der Waals surface area contributed by atoms with Gasteiger partial charge in [0.1, 0.15) is 0 Å². The first-order valence-electron chi connectivity index (χ1n) is 5.14. The van der Waals surface area contributed by atoms with Crippen LogP contribution in [0, 0.1) is 0 Å². The van der Waals surface area contributed by atoms with Crippen LogP contribution < -0.4 is 5.32 Å². The summed E-state index contributed by atoms with van der Waals surface area (Å²) in [6.07, 6.45) is 0.898. The normalized spacial score (nSPS) is 21.8. The van der Waals surface area contributed by atoms with E-state index in [0.717, 1.165) is 43.5 Å². The molecule has 2 heterocycles. The van der Waals surface area contributed by atoms with Crippen LogP contribution in [-0.2, 0) is 15.9 Å². The maximum absolute atomic E-state index is 5.40. The third-order valence-electron chi connectivity index (χ3n) is 2.37. The van der Waals surface area contributed by atoms with Crippen LogP contribution in [0.5, 0.6) is 0 Å². The number of ether oxygens (including phenoxy) is 2. The van der Waals surface area contributed by atoms with Crippen molar-refractivity contribution in [1.29, 1.82) is 0 Å². The number of hydrogen-bond donors (Lipinski definition) is 1. The number of nitrogens with one attached hydrogen (secondary N) is 1. The van der Waals surface area contributed by atoms with Crippen molar-refractivity contribution < 1.29 is 9.47 Å². The molecular weight excluding hydrogens is 212 g/mol. The predicted molar refractivity (Wildman–Crippen MR) is 59.3 cm³/mol. The van der Waals surface area contributed by atoms with E-state index in [0.29, 0.717) is 0 Å². The zero-order valence-corrected chi connectivity index (χ0v) is 9.68. The largest absolute Gasteiger partial charge is 0.384 e. The zero-order valence-electron chi connectivity index (χ0n) is 8.86. The van der Waals surface area contributed by atoms with Gasteiger partial charge < -0.3 is 14.8 Å². The molecule has 1 aliphatic rings. The van der Waals surface area contributed by atoms with Crippen LogP contribution in [0.1, 0.15) is 16.7 Å². The molecular formula is C10H16N2O2S. The average molecular weight is 228 g/mol. The van der Waals surface area contributed by atoms with E-state index < -0.39 is 0 Å². The van der Waals surface area contributed by atoms with Crippen LogP contribution in [0.2, 0.25) is 0 Å². The first kappa shape index (κ1) is 11.0. The molecule has 15 heavy (non-hydrogen) atoms. The van der Waals surface area contributed by atoms with Crippen LogP contribution in [0.3, 0.4) is 0 Å². The van der Waals surface area contributed by atoms with Crippen LogP contribution >= 0.6 is 11.3 Å². The standard InChI is InChI=1S/C10H16N2O2S/c1-13-4-2-10-12-9(7-15-10)8-6-14-5-3-11-8/h7-8,11H,2-6H2,1H3. The minimum Gasteiger partial charge on any atom is -0.384 e. The summed E-state index contributed by atoms with van der Waals surface area (Å²) in [5.74, 6) is 0. The smallest absolute Gasteiger partial charge is 0.0951 e. The summed E-state index contributed by atoms with van der Waals surface area (Å²) < 4.78 is 10.4. The Morgan fingerprint density at radius 3 is 3.40 bits per heavy atom. The predicted octanol–water partition coefficient (Wildman–Crippen LogP) is 0.993. The molecule has 0 radical (unpaired) electrons. The average Bonchev–Trinajstić information content (AvgIpc) is 2.76. The Morgan fingerprint density at radius 2 is 2.67 bits per heavy atom. The molecule has 1 fully saturated rings. The third kappa shape index (κ3) is 2.98. The molecule has 0 saturated carbocycles. The highest BCUT2D eigenvalue weighted by Gasteiger charge is 2.17. The van der Waals surface area contributed by atoms with Gasteiger partial charge in [-0.3, -0.25) is 0 Å². The van der Waals surface area contributed by atoms with Crippen molar-refractivity contribution in [2.75, 3.05) is 33.5 Å². The van der Waals surface area contributed by atoms with Gasteiger partial charge in [-0.1, -0.05) is 0 Å². The van der Waals surface area contributed by atoms with Gasteiger partial charge in [-0.05, 0) is 0 Å². The SMILES string of the molecule is COCCc1nc(C2COCCN2)cs1. The highest BCUT2D eigenvalue weighted by atomic mass is 32.1. The molecule has 5 heteroatoms. The van der Waals surface area contributed by atoms with Crippen LogP contribution in [-0.4, -0.2) is 38.5 Å². The minimum absolute atomic E-state index is 0.270. The second-order valence-corrected chi connectivity index (χ2v) is 4.43. The molecule has 0 bridgehead atoms. The summed E-state index contributed by atoms with van der Waals surface area (Å²) in [6.45, 7) is 3.18. The second kappa shape index (κ2) is 5.55. The molecule has 1 unspecified atom stereocenters. The lowest BCUT2D eigenvalue weighted by molar-refractivity contribution is 0.0757. The van der Waals surface area contributed by atoms with E-state index in [-0.39, 0.29) is 6.04 Å². The number of hydrogen-bond acceptors (Lipinski definition) is 5. The quantitative estimate of drug-likeness (QED) is 0.834. The van der Waals surface area contributed by atoms with Crippen molar-refractivity contribution in [3.63, 3.8) is 0 Å². The maximum Gasteiger partial charge on any atom is 0.0951 e. The summed E-state index contributed by atoms with van der Waals surface area (Å²) in [4.78, 5) is 4.57. The van der Waals surface area contributed by atoms with Crippen LogP contribution in [0.25, 0.3) is 0 Å². The highest BCUT2D eigenvalue weighted by molar-refractivity contribution is 7.09. The van der Waals surface area contributed by atoms with Gasteiger partial charge in [0.05, 0.1) is 36.6 Å². The first-order chi connectivity index (χ1) is 7.40. The molecule has 2 rings (SSSR count). The number of thiazole rings is 1. The van der Waals surface area contributed by atoms with Gasteiger partial charge in [0.25, 0.3) is 0 Å². The van der Waals surface area contributed by atoms with E-state index in [1.807, 2.05) is 0 Å². The van der Waals surface area contributed by atoms with Gasteiger partial charge in [-0.15, -0.1) is 11.3 Å². The van der Waals surface area contributed by atoms with Crippen molar-refractivity contribution in [2.45, 2.75) is 12.5 Å². The fraction of sp³-hybridized carbons (Fsp3) is 0.700. The van der Waals surface area contributed by atoms with Crippen molar-refractivity contribution in [1.82, 2.24) is 10.3 Å². The molecule has 4 nitrogen and oxygen atoms in total. The van der Waals surface area contributed by atoms with E-state index in [1.165, 1.54) is 0 Å². The molecule has 0 amide bonds. The summed E-state index contributed by atoms with van der Waals surface area (Å²) in [5.41, 5.74) is 1.10. The Morgan fingerprint density at radius 1 is 1.73 bits per heavy atom. The van der Waals surface area contributed by atoms with Gasteiger partial charge in [-0.2, -0.15) is 0 Å². The second-order valence-electron chi connectivity index (χ2n) is 3.49. The number of methoxy groups -OCH3 is 1. The van der Waals surface area contributed by atoms with Gasteiger partial charge in [0.2, 0.25) is 0 Å². The Labute approximate surface area is 93.6 Å². The Bertz CT molecular complexity index is 297. The summed E-state index contributed by atoms with van der Waals surface area (Å²) >= 11 is 1.70. The van der Waals surface area contributed by atoms with Crippen molar-refractivity contribution in [3.05, 3.63) is 16.1 Å². The van der Waals surface area contributed by atoms with E-state index in [9.17, 15) is 0 Å². The van der Waals surface area contributed by atoms with Gasteiger partial charge in [0.15, 0.2) is 0 Å². The fourth-order valence-electron chi connectivity index (χ4n) is 1.54. The number of morpholine rings is 1. The fourth-order valence-corrected chi connectivity index (χ4v) is 2.38. The van der Waals surface area contributed by atoms with E-state index in [1.54, 1.807) is 18.4 Å². The van der Waals surface area contributed by atoms with Gasteiger partial charge in [-0.25, -0.2) is 4.98 Å². The Kier molecular flexibility index (Phi) is 4.08. The lowest BCUT2D eigenvalue weighted by Crippen LogP contribution is -2.34. The van der Waals surface area contributed by atoms with E-state index in [2.05, 4.69) is 15.7 Å². The summed E-state index contributed by atoms with van der Waals surface area (Å²) in [7, 11) is 1.71. The van der Waals surface area contributed by atoms with E-state index >= 15 is 0 Å². The molecule has 1 aromatic heterocycles. The summed E-state index contributed by atoms with van der Waals surface area (Å²) in [5, 5.41) is 6.64. The lowest BCUT2D eigenvalue weighted by Gasteiger charge is -2.21. The molecule has 0 aliphatic carbocycles. The summed E-state index contributed by atoms with van der Waals surface area (Å²) in [6, 6.07) is 0.270. The molecule has 1 N–H and O–H groups in total. The molecule has 1 saturated heterocycles. The Balaban J connectivity index is 1.93. The minimum atomic E-state index is 0.270. The van der Waals surface area contributed by atoms with Crippen LogP contribution in [0.4, 0.5) is 0 Å². The molecule has 0 spiro atoms.